The molecule has 0 atom stereocenters. The van der Waals surface area contributed by atoms with Crippen molar-refractivity contribution in [1.82, 2.24) is 10.2 Å². The molecule has 9 heteroatoms. The predicted octanol–water partition coefficient (Wildman–Crippen LogP) is 4.19. The van der Waals surface area contributed by atoms with Gasteiger partial charge < -0.3 is 14.8 Å². The number of nitrogens with one attached hydrogen (secondary N) is 2. The van der Waals surface area contributed by atoms with Crippen molar-refractivity contribution in [2.75, 3.05) is 12.4 Å². The van der Waals surface area contributed by atoms with Crippen LogP contribution in [0.25, 0.3) is 6.08 Å². The second-order valence-electron chi connectivity index (χ2n) is 8.85. The molecule has 188 valence electrons. The molecule has 1 aliphatic carbocycles. The van der Waals surface area contributed by atoms with Crippen LogP contribution >= 0.6 is 12.2 Å². The molecule has 1 saturated carbocycles. The summed E-state index contributed by atoms with van der Waals surface area (Å²) in [5, 5.41) is 5.58. The molecule has 4 rings (SSSR count). The first kappa shape index (κ1) is 25.4. The number of nitrogens with zero attached hydrogens (tertiary/aromatic N) is 1. The molecule has 2 N–H and O–H groups in total. The second kappa shape index (κ2) is 11.3. The predicted molar refractivity (Wildman–Crippen MR) is 141 cm³/mol. The maximum absolute atomic E-state index is 13.3. The zero-order valence-corrected chi connectivity index (χ0v) is 21.2. The van der Waals surface area contributed by atoms with E-state index in [4.69, 9.17) is 21.7 Å². The maximum Gasteiger partial charge on any atom is 0.265 e. The first-order valence-electron chi connectivity index (χ1n) is 11.9. The van der Waals surface area contributed by atoms with Crippen LogP contribution in [-0.2, 0) is 21.0 Å². The summed E-state index contributed by atoms with van der Waals surface area (Å²) < 4.78 is 11.4. The third-order valence-electron chi connectivity index (χ3n) is 6.26. The summed E-state index contributed by atoms with van der Waals surface area (Å²) in [5.41, 5.74) is 2.16. The lowest BCUT2D eigenvalue weighted by molar-refractivity contribution is -0.130. The van der Waals surface area contributed by atoms with Gasteiger partial charge in [-0.1, -0.05) is 25.3 Å². The van der Waals surface area contributed by atoms with Crippen LogP contribution in [0.2, 0.25) is 0 Å². The van der Waals surface area contributed by atoms with Gasteiger partial charge in [0.15, 0.2) is 5.11 Å². The van der Waals surface area contributed by atoms with Crippen molar-refractivity contribution in [3.63, 3.8) is 0 Å². The number of anilines is 1. The van der Waals surface area contributed by atoms with Gasteiger partial charge in [-0.05, 0) is 73.1 Å². The molecule has 2 aliphatic rings. The minimum atomic E-state index is -0.495. The van der Waals surface area contributed by atoms with Crippen LogP contribution in [0.15, 0.2) is 48.0 Å². The quantitative estimate of drug-likeness (QED) is 0.331. The van der Waals surface area contributed by atoms with Gasteiger partial charge in [0.25, 0.3) is 11.8 Å². The number of thiocarbonyl (C=S) groups is 1. The average Bonchev–Trinajstić information content (AvgIpc) is 2.86. The lowest BCUT2D eigenvalue weighted by Gasteiger charge is -2.37. The molecule has 2 aromatic rings. The van der Waals surface area contributed by atoms with E-state index in [-0.39, 0.29) is 35.1 Å². The highest BCUT2D eigenvalue weighted by Crippen LogP contribution is 2.28. The summed E-state index contributed by atoms with van der Waals surface area (Å²) in [6, 6.07) is 12.4. The van der Waals surface area contributed by atoms with Crippen molar-refractivity contribution in [2.45, 2.75) is 51.7 Å². The Hall–Kier alpha value is -3.72. The molecule has 0 radical (unpaired) electrons. The Balaban J connectivity index is 1.53. The van der Waals surface area contributed by atoms with Gasteiger partial charge in [-0.15, -0.1) is 0 Å². The zero-order chi connectivity index (χ0) is 25.7. The van der Waals surface area contributed by atoms with Crippen molar-refractivity contribution in [1.29, 1.82) is 0 Å². The Bertz CT molecular complexity index is 1200. The van der Waals surface area contributed by atoms with Gasteiger partial charge in [-0.2, -0.15) is 0 Å². The third kappa shape index (κ3) is 5.91. The molecule has 3 amide bonds. The monoisotopic (exact) mass is 507 g/mol. The maximum atomic E-state index is 13.3. The topological polar surface area (TPSA) is 97.0 Å². The lowest BCUT2D eigenvalue weighted by atomic mass is 9.93. The minimum absolute atomic E-state index is 0.0135. The number of hydrogen-bond donors (Lipinski definition) is 2. The molecular weight excluding hydrogens is 478 g/mol. The van der Waals surface area contributed by atoms with Crippen LogP contribution in [0, 0.1) is 0 Å². The first-order chi connectivity index (χ1) is 17.4. The SMILES string of the molecule is COc1ccc(/C=C2/C(=O)NC(=S)N(C3CCCCC3)C2=O)cc1COc1ccc(NC(C)=O)cc1. The largest absolute Gasteiger partial charge is 0.496 e. The van der Waals surface area contributed by atoms with Crippen LogP contribution in [0.4, 0.5) is 5.69 Å². The first-order valence-corrected chi connectivity index (χ1v) is 12.3. The normalized spacial score (nSPS) is 17.7. The van der Waals surface area contributed by atoms with Crippen LogP contribution in [0.1, 0.15) is 50.2 Å². The minimum Gasteiger partial charge on any atom is -0.496 e. The molecule has 2 fully saturated rings. The van der Waals surface area contributed by atoms with E-state index in [2.05, 4.69) is 10.6 Å². The van der Waals surface area contributed by atoms with Gasteiger partial charge in [0.2, 0.25) is 5.91 Å². The Morgan fingerprint density at radius 3 is 2.53 bits per heavy atom. The van der Waals surface area contributed by atoms with Crippen molar-refractivity contribution in [2.24, 2.45) is 0 Å². The van der Waals surface area contributed by atoms with E-state index < -0.39 is 5.91 Å². The summed E-state index contributed by atoms with van der Waals surface area (Å²) in [6.45, 7) is 1.66. The van der Waals surface area contributed by atoms with E-state index in [0.717, 1.165) is 37.7 Å². The summed E-state index contributed by atoms with van der Waals surface area (Å²) in [4.78, 5) is 38.7. The van der Waals surface area contributed by atoms with Crippen LogP contribution < -0.4 is 20.1 Å². The van der Waals surface area contributed by atoms with Gasteiger partial charge >= 0.3 is 0 Å². The highest BCUT2D eigenvalue weighted by molar-refractivity contribution is 7.80. The van der Waals surface area contributed by atoms with E-state index in [1.165, 1.54) is 6.92 Å². The van der Waals surface area contributed by atoms with Gasteiger partial charge in [0, 0.05) is 24.2 Å². The molecule has 0 unspecified atom stereocenters. The van der Waals surface area contributed by atoms with Crippen LogP contribution in [-0.4, -0.2) is 40.9 Å². The fourth-order valence-corrected chi connectivity index (χ4v) is 4.83. The molecule has 36 heavy (non-hydrogen) atoms. The number of ether oxygens (including phenoxy) is 2. The number of benzene rings is 2. The number of hydrogen-bond acceptors (Lipinski definition) is 6. The van der Waals surface area contributed by atoms with Crippen molar-refractivity contribution in [3.8, 4) is 11.5 Å². The van der Waals surface area contributed by atoms with E-state index in [0.29, 0.717) is 22.7 Å². The fourth-order valence-electron chi connectivity index (χ4n) is 4.51. The smallest absolute Gasteiger partial charge is 0.265 e. The molecule has 1 aliphatic heterocycles. The second-order valence-corrected chi connectivity index (χ2v) is 9.24. The van der Waals surface area contributed by atoms with Crippen molar-refractivity contribution < 1.29 is 23.9 Å². The molecule has 0 bridgehead atoms. The Morgan fingerprint density at radius 1 is 1.14 bits per heavy atom. The summed E-state index contributed by atoms with van der Waals surface area (Å²) >= 11 is 5.33. The van der Waals surface area contributed by atoms with Gasteiger partial charge in [-0.3, -0.25) is 24.6 Å². The zero-order valence-electron chi connectivity index (χ0n) is 20.3. The number of carbonyl (C=O) groups excluding carboxylic acids is 3. The molecule has 0 aromatic heterocycles. The van der Waals surface area contributed by atoms with Crippen molar-refractivity contribution in [3.05, 3.63) is 59.2 Å². The molecule has 8 nitrogen and oxygen atoms in total. The summed E-state index contributed by atoms with van der Waals surface area (Å²) in [5.74, 6) is 0.242. The van der Waals surface area contributed by atoms with Gasteiger partial charge in [0.1, 0.15) is 23.7 Å². The molecular formula is C27H29N3O5S. The van der Waals surface area contributed by atoms with E-state index in [1.807, 2.05) is 6.07 Å². The van der Waals surface area contributed by atoms with Crippen LogP contribution in [0.5, 0.6) is 11.5 Å². The number of rotatable bonds is 7. The standard InChI is InChI=1S/C27H29N3O5S/c1-17(31)28-20-9-11-22(12-10-20)35-16-19-14-18(8-13-24(19)34-2)15-23-25(32)29-27(36)30(26(23)33)21-6-4-3-5-7-21/h8-15,21H,3-7,16H2,1-2H3,(H,28,31)(H,29,32,36)/b23-15-. The van der Waals surface area contributed by atoms with Gasteiger partial charge in [0.05, 0.1) is 7.11 Å². The fraction of sp³-hybridized carbons (Fsp3) is 0.333. The molecule has 1 saturated heterocycles. The number of carbonyl (C=O) groups is 3. The Morgan fingerprint density at radius 2 is 1.86 bits per heavy atom. The average molecular weight is 508 g/mol. The Labute approximate surface area is 215 Å². The van der Waals surface area contributed by atoms with E-state index in [9.17, 15) is 14.4 Å². The molecule has 2 aromatic carbocycles. The van der Waals surface area contributed by atoms with Crippen molar-refractivity contribution >= 4 is 46.8 Å². The highest BCUT2D eigenvalue weighted by atomic mass is 32.1. The molecule has 0 spiro atoms. The van der Waals surface area contributed by atoms with E-state index >= 15 is 0 Å². The van der Waals surface area contributed by atoms with Gasteiger partial charge in [-0.25, -0.2) is 0 Å². The van der Waals surface area contributed by atoms with Crippen LogP contribution in [0.3, 0.4) is 0 Å². The summed E-state index contributed by atoms with van der Waals surface area (Å²) in [7, 11) is 1.57. The van der Waals surface area contributed by atoms with E-state index in [1.54, 1.807) is 54.5 Å². The lowest BCUT2D eigenvalue weighted by Crippen LogP contribution is -2.57. The summed E-state index contributed by atoms with van der Waals surface area (Å²) in [6.07, 6.45) is 6.58. The Kier molecular flexibility index (Phi) is 8.00. The third-order valence-corrected chi connectivity index (χ3v) is 6.56. The molecule has 1 heterocycles. The number of amides is 3. The highest BCUT2D eigenvalue weighted by Gasteiger charge is 2.38. The number of methoxy groups -OCH3 is 1.